The van der Waals surface area contributed by atoms with Gasteiger partial charge in [0, 0.05) is 29.7 Å². The smallest absolute Gasteiger partial charge is 0.316 e. The van der Waals surface area contributed by atoms with Crippen molar-refractivity contribution in [3.8, 4) is 5.75 Å². The first-order valence-electron chi connectivity index (χ1n) is 11.7. The van der Waals surface area contributed by atoms with Gasteiger partial charge < -0.3 is 9.64 Å². The summed E-state index contributed by atoms with van der Waals surface area (Å²) in [4.78, 5) is 54.3. The highest BCUT2D eigenvalue weighted by molar-refractivity contribution is 6.31. The molecule has 2 heterocycles. The van der Waals surface area contributed by atoms with Gasteiger partial charge in [-0.25, -0.2) is 4.90 Å². The van der Waals surface area contributed by atoms with Crippen molar-refractivity contribution in [3.05, 3.63) is 65.2 Å². The van der Waals surface area contributed by atoms with Gasteiger partial charge in [0.25, 0.3) is 0 Å². The number of imide groups is 1. The molecule has 2 fully saturated rings. The minimum absolute atomic E-state index is 0.0116. The van der Waals surface area contributed by atoms with E-state index in [4.69, 9.17) is 16.3 Å². The minimum atomic E-state index is -0.643. The lowest BCUT2D eigenvalue weighted by Crippen LogP contribution is -2.31. The summed E-state index contributed by atoms with van der Waals surface area (Å²) in [6.07, 6.45) is 4.50. The summed E-state index contributed by atoms with van der Waals surface area (Å²) in [7, 11) is 0. The number of ether oxygens (including phenoxy) is 1. The van der Waals surface area contributed by atoms with Crippen molar-refractivity contribution in [2.45, 2.75) is 26.7 Å². The van der Waals surface area contributed by atoms with E-state index >= 15 is 0 Å². The number of fused-ring (bicyclic) bond motifs is 1. The van der Waals surface area contributed by atoms with Gasteiger partial charge in [0.15, 0.2) is 0 Å². The van der Waals surface area contributed by atoms with Crippen LogP contribution < -0.4 is 14.5 Å². The Labute approximate surface area is 208 Å². The molecule has 0 N–H and O–H groups in total. The van der Waals surface area contributed by atoms with Crippen LogP contribution in [0.25, 0.3) is 0 Å². The molecular formula is C27H25ClN2O5. The maximum absolute atomic E-state index is 13.1. The number of esters is 1. The zero-order valence-corrected chi connectivity index (χ0v) is 20.2. The molecule has 2 saturated heterocycles. The molecule has 5 rings (SSSR count). The van der Waals surface area contributed by atoms with E-state index in [2.05, 4.69) is 0 Å². The maximum atomic E-state index is 13.1. The van der Waals surface area contributed by atoms with Crippen LogP contribution in [0.5, 0.6) is 5.75 Å². The van der Waals surface area contributed by atoms with Gasteiger partial charge in [-0.3, -0.25) is 19.2 Å². The highest BCUT2D eigenvalue weighted by Crippen LogP contribution is 2.41. The summed E-state index contributed by atoms with van der Waals surface area (Å²) in [5.74, 6) is -2.34. The monoisotopic (exact) mass is 492 g/mol. The van der Waals surface area contributed by atoms with Gasteiger partial charge in [0.05, 0.1) is 23.4 Å². The molecule has 0 spiro atoms. The molecule has 0 saturated carbocycles. The fourth-order valence-electron chi connectivity index (χ4n) is 5.15. The van der Waals surface area contributed by atoms with Crippen LogP contribution in [0.4, 0.5) is 11.4 Å². The number of anilines is 2. The SMILES string of the molecule is Cc1ccc(N2C[C@H](C(=O)Oc3cccc(N4C(=O)[C@H]5[C@H](C)C=CC[C@H]5C4=O)c3)CC2=O)cc1Cl. The summed E-state index contributed by atoms with van der Waals surface area (Å²) in [5.41, 5.74) is 1.92. The molecule has 3 amide bonds. The molecule has 8 heteroatoms. The van der Waals surface area contributed by atoms with Crippen molar-refractivity contribution >= 4 is 46.7 Å². The lowest BCUT2D eigenvalue weighted by molar-refractivity contribution is -0.139. The first-order valence-corrected chi connectivity index (χ1v) is 12.0. The number of hydrogen-bond donors (Lipinski definition) is 0. The predicted molar refractivity (Wildman–Crippen MR) is 131 cm³/mol. The molecule has 7 nitrogen and oxygen atoms in total. The number of halogens is 1. The Bertz CT molecular complexity index is 1270. The first kappa shape index (κ1) is 23.3. The van der Waals surface area contributed by atoms with E-state index in [1.54, 1.807) is 30.3 Å². The second-order valence-electron chi connectivity index (χ2n) is 9.42. The Morgan fingerprint density at radius 1 is 1.06 bits per heavy atom. The number of benzene rings is 2. The number of nitrogens with zero attached hydrogens (tertiary/aromatic N) is 2. The van der Waals surface area contributed by atoms with Gasteiger partial charge in [-0.15, -0.1) is 0 Å². The van der Waals surface area contributed by atoms with E-state index in [1.165, 1.54) is 15.9 Å². The summed E-state index contributed by atoms with van der Waals surface area (Å²) >= 11 is 6.20. The van der Waals surface area contributed by atoms with Crippen molar-refractivity contribution in [1.29, 1.82) is 0 Å². The number of carbonyl (C=O) groups excluding carboxylic acids is 4. The van der Waals surface area contributed by atoms with Crippen LogP contribution in [0.15, 0.2) is 54.6 Å². The van der Waals surface area contributed by atoms with Gasteiger partial charge in [-0.2, -0.15) is 0 Å². The Morgan fingerprint density at radius 3 is 2.60 bits per heavy atom. The molecule has 0 radical (unpaired) electrons. The standard InChI is InChI=1S/C27H25ClN2O5/c1-15-9-10-18(13-22(15)28)29-14-17(11-23(29)31)27(34)35-20-7-4-6-19(12-20)30-25(32)21-8-3-5-16(2)24(21)26(30)33/h3-7,9-10,12-13,16-17,21,24H,8,11,14H2,1-2H3/t16-,17-,21-,24+/m1/s1. The Kier molecular flexibility index (Phi) is 5.97. The highest BCUT2D eigenvalue weighted by Gasteiger charge is 2.50. The second kappa shape index (κ2) is 8.96. The van der Waals surface area contributed by atoms with Gasteiger partial charge in [-0.05, 0) is 49.1 Å². The predicted octanol–water partition coefficient (Wildman–Crippen LogP) is 4.31. The van der Waals surface area contributed by atoms with Crippen LogP contribution in [0.3, 0.4) is 0 Å². The van der Waals surface area contributed by atoms with Crippen molar-refractivity contribution in [3.63, 3.8) is 0 Å². The summed E-state index contributed by atoms with van der Waals surface area (Å²) in [6, 6.07) is 11.8. The third-order valence-corrected chi connectivity index (χ3v) is 7.50. The van der Waals surface area contributed by atoms with Crippen molar-refractivity contribution in [2.24, 2.45) is 23.7 Å². The van der Waals surface area contributed by atoms with Crippen LogP contribution in [-0.4, -0.2) is 30.2 Å². The molecule has 35 heavy (non-hydrogen) atoms. The van der Waals surface area contributed by atoms with Crippen LogP contribution >= 0.6 is 11.6 Å². The molecule has 180 valence electrons. The van der Waals surface area contributed by atoms with Crippen LogP contribution in [0.2, 0.25) is 5.02 Å². The van der Waals surface area contributed by atoms with E-state index in [-0.39, 0.29) is 54.2 Å². The largest absolute Gasteiger partial charge is 0.426 e. The average Bonchev–Trinajstić information content (AvgIpc) is 3.34. The molecule has 2 aromatic carbocycles. The number of carbonyl (C=O) groups is 4. The number of allylic oxidation sites excluding steroid dienone is 2. The van der Waals surface area contributed by atoms with Crippen LogP contribution in [0, 0.1) is 30.6 Å². The summed E-state index contributed by atoms with van der Waals surface area (Å²) in [6.45, 7) is 4.01. The quantitative estimate of drug-likeness (QED) is 0.275. The van der Waals surface area contributed by atoms with Gasteiger partial charge in [0.1, 0.15) is 5.75 Å². The van der Waals surface area contributed by atoms with E-state index in [9.17, 15) is 19.2 Å². The van der Waals surface area contributed by atoms with E-state index in [0.717, 1.165) is 5.56 Å². The third-order valence-electron chi connectivity index (χ3n) is 7.09. The summed E-state index contributed by atoms with van der Waals surface area (Å²) in [5, 5.41) is 0.550. The lowest BCUT2D eigenvalue weighted by Gasteiger charge is -2.22. The van der Waals surface area contributed by atoms with Crippen LogP contribution in [0.1, 0.15) is 25.3 Å². The number of rotatable bonds is 4. The minimum Gasteiger partial charge on any atom is -0.426 e. The maximum Gasteiger partial charge on any atom is 0.316 e. The normalized spacial score (nSPS) is 25.9. The number of amides is 3. The Balaban J connectivity index is 1.30. The second-order valence-corrected chi connectivity index (χ2v) is 9.83. The van der Waals surface area contributed by atoms with Crippen molar-refractivity contribution in [1.82, 2.24) is 0 Å². The van der Waals surface area contributed by atoms with Crippen molar-refractivity contribution in [2.75, 3.05) is 16.3 Å². The Morgan fingerprint density at radius 2 is 1.86 bits per heavy atom. The number of hydrogen-bond acceptors (Lipinski definition) is 5. The molecule has 0 unspecified atom stereocenters. The molecule has 1 aliphatic carbocycles. The molecule has 0 aromatic heterocycles. The van der Waals surface area contributed by atoms with E-state index < -0.39 is 11.9 Å². The van der Waals surface area contributed by atoms with Gasteiger partial charge >= 0.3 is 5.97 Å². The first-order chi connectivity index (χ1) is 16.7. The van der Waals surface area contributed by atoms with E-state index in [1.807, 2.05) is 32.1 Å². The van der Waals surface area contributed by atoms with E-state index in [0.29, 0.717) is 22.8 Å². The molecule has 3 aliphatic rings. The molecule has 0 bridgehead atoms. The lowest BCUT2D eigenvalue weighted by atomic mass is 9.78. The molecule has 4 atom stereocenters. The van der Waals surface area contributed by atoms with Gasteiger partial charge in [0.2, 0.25) is 17.7 Å². The van der Waals surface area contributed by atoms with Gasteiger partial charge in [-0.1, -0.05) is 42.8 Å². The van der Waals surface area contributed by atoms with Crippen LogP contribution in [-0.2, 0) is 19.2 Å². The molecule has 2 aliphatic heterocycles. The molecule has 2 aromatic rings. The third kappa shape index (κ3) is 4.14. The topological polar surface area (TPSA) is 84.0 Å². The highest BCUT2D eigenvalue weighted by atomic mass is 35.5. The number of aryl methyl sites for hydroxylation is 1. The summed E-state index contributed by atoms with van der Waals surface area (Å²) < 4.78 is 5.58. The zero-order valence-electron chi connectivity index (χ0n) is 19.4. The Hall–Kier alpha value is -3.45. The fraction of sp³-hybridized carbons (Fsp3) is 0.333. The average molecular weight is 493 g/mol. The van der Waals surface area contributed by atoms with Crippen molar-refractivity contribution < 1.29 is 23.9 Å². The fourth-order valence-corrected chi connectivity index (χ4v) is 5.33. The zero-order chi connectivity index (χ0) is 24.9. The molecular weight excluding hydrogens is 468 g/mol.